The maximum absolute atomic E-state index is 12.8. The minimum Gasteiger partial charge on any atom is -0.449 e. The Kier molecular flexibility index (Phi) is 7.05. The van der Waals surface area contributed by atoms with Crippen LogP contribution in [0.3, 0.4) is 0 Å². The van der Waals surface area contributed by atoms with Crippen LogP contribution in [0.1, 0.15) is 22.8 Å². The number of rotatable bonds is 5. The zero-order valence-electron chi connectivity index (χ0n) is 15.4. The molecule has 0 aliphatic carbocycles. The van der Waals surface area contributed by atoms with Crippen molar-refractivity contribution in [2.24, 2.45) is 0 Å². The van der Waals surface area contributed by atoms with E-state index >= 15 is 0 Å². The second-order valence-electron chi connectivity index (χ2n) is 6.14. The molecule has 0 aliphatic heterocycles. The summed E-state index contributed by atoms with van der Waals surface area (Å²) in [4.78, 5) is 24.4. The second kappa shape index (κ2) is 8.83. The molecule has 2 aromatic rings. The number of nitrogens with one attached hydrogen (secondary N) is 1. The summed E-state index contributed by atoms with van der Waals surface area (Å²) in [6.45, 7) is 1.17. The van der Waals surface area contributed by atoms with E-state index in [1.807, 2.05) is 0 Å². The molecule has 30 heavy (non-hydrogen) atoms. The van der Waals surface area contributed by atoms with Gasteiger partial charge < -0.3 is 10.1 Å². The summed E-state index contributed by atoms with van der Waals surface area (Å²) in [6.07, 6.45) is -5.18. The van der Waals surface area contributed by atoms with Crippen molar-refractivity contribution in [2.45, 2.75) is 24.1 Å². The highest BCUT2D eigenvalue weighted by atomic mass is 35.5. The van der Waals surface area contributed by atoms with Gasteiger partial charge in [-0.2, -0.15) is 13.2 Å². The highest BCUT2D eigenvalue weighted by Crippen LogP contribution is 2.34. The first kappa shape index (κ1) is 24.0. The second-order valence-corrected chi connectivity index (χ2v) is 8.97. The van der Waals surface area contributed by atoms with Crippen LogP contribution in [0.25, 0.3) is 0 Å². The molecule has 0 fully saturated rings. The smallest absolute Gasteiger partial charge is 0.416 e. The number of benzene rings is 2. The van der Waals surface area contributed by atoms with E-state index in [2.05, 4.69) is 5.32 Å². The molecule has 0 saturated carbocycles. The van der Waals surface area contributed by atoms with E-state index < -0.39 is 39.6 Å². The summed E-state index contributed by atoms with van der Waals surface area (Å²) in [5.74, 6) is -2.05. The van der Waals surface area contributed by atoms with Gasteiger partial charge in [0.15, 0.2) is 15.9 Å². The molecule has 6 nitrogen and oxygen atoms in total. The average molecular weight is 484 g/mol. The van der Waals surface area contributed by atoms with Gasteiger partial charge in [0.25, 0.3) is 5.91 Å². The zero-order valence-corrected chi connectivity index (χ0v) is 17.7. The lowest BCUT2D eigenvalue weighted by Crippen LogP contribution is -2.30. The molecular formula is C18H14Cl2F3NO5S. The van der Waals surface area contributed by atoms with Crippen molar-refractivity contribution < 1.29 is 35.9 Å². The molecule has 2 rings (SSSR count). The Labute approximate surface area is 179 Å². The average Bonchev–Trinajstić information content (AvgIpc) is 2.61. The molecule has 1 N–H and O–H groups in total. The molecule has 2 aromatic carbocycles. The van der Waals surface area contributed by atoms with Crippen molar-refractivity contribution in [3.63, 3.8) is 0 Å². The normalized spacial score (nSPS) is 12.9. The van der Waals surface area contributed by atoms with Crippen molar-refractivity contribution in [2.75, 3.05) is 11.6 Å². The summed E-state index contributed by atoms with van der Waals surface area (Å²) in [5.41, 5.74) is -1.65. The Morgan fingerprint density at radius 1 is 1.07 bits per heavy atom. The van der Waals surface area contributed by atoms with E-state index in [1.165, 1.54) is 19.1 Å². The van der Waals surface area contributed by atoms with Crippen LogP contribution >= 0.6 is 23.2 Å². The highest BCUT2D eigenvalue weighted by molar-refractivity contribution is 7.90. The molecule has 0 saturated heterocycles. The van der Waals surface area contributed by atoms with Gasteiger partial charge in [0.05, 0.1) is 31.8 Å². The first-order valence-corrected chi connectivity index (χ1v) is 10.7. The van der Waals surface area contributed by atoms with Crippen molar-refractivity contribution >= 4 is 50.6 Å². The van der Waals surface area contributed by atoms with Crippen LogP contribution in [-0.2, 0) is 25.5 Å². The van der Waals surface area contributed by atoms with E-state index in [1.54, 1.807) is 0 Å². The molecule has 1 amide bonds. The number of hydrogen-bond donors (Lipinski definition) is 1. The summed E-state index contributed by atoms with van der Waals surface area (Å²) in [6, 6.07) is 5.72. The number of carbonyl (C=O) groups excluding carboxylic acids is 2. The van der Waals surface area contributed by atoms with Gasteiger partial charge in [-0.25, -0.2) is 13.2 Å². The van der Waals surface area contributed by atoms with E-state index in [0.717, 1.165) is 24.5 Å². The summed E-state index contributed by atoms with van der Waals surface area (Å²) >= 11 is 11.7. The Hall–Kier alpha value is -2.30. The largest absolute Gasteiger partial charge is 0.449 e. The number of ether oxygens (including phenoxy) is 1. The Morgan fingerprint density at radius 3 is 2.23 bits per heavy atom. The molecule has 162 valence electrons. The van der Waals surface area contributed by atoms with Gasteiger partial charge >= 0.3 is 12.1 Å². The lowest BCUT2D eigenvalue weighted by atomic mass is 10.2. The molecule has 0 radical (unpaired) electrons. The van der Waals surface area contributed by atoms with E-state index in [9.17, 15) is 31.2 Å². The van der Waals surface area contributed by atoms with Gasteiger partial charge in [-0.05, 0) is 43.3 Å². The standard InChI is InChI=1S/C18H14Cl2F3NO5S/c1-9(16(25)24-15-7-10(18(21,22)23)3-5-14(15)20)29-17(26)12-8-11(30(2,27)28)4-6-13(12)19/h3-9H,1-2H3,(H,24,25)/t9-/m1/s1. The number of alkyl halides is 3. The molecule has 0 bridgehead atoms. The van der Waals surface area contributed by atoms with Crippen molar-refractivity contribution in [1.82, 2.24) is 0 Å². The van der Waals surface area contributed by atoms with E-state index in [4.69, 9.17) is 27.9 Å². The molecule has 0 spiro atoms. The number of sulfone groups is 1. The van der Waals surface area contributed by atoms with E-state index in [0.29, 0.717) is 6.07 Å². The first-order valence-electron chi connectivity index (χ1n) is 8.08. The third-order valence-electron chi connectivity index (χ3n) is 3.79. The predicted molar refractivity (Wildman–Crippen MR) is 105 cm³/mol. The van der Waals surface area contributed by atoms with Gasteiger partial charge in [0.2, 0.25) is 0 Å². The van der Waals surface area contributed by atoms with Crippen LogP contribution < -0.4 is 5.32 Å². The first-order chi connectivity index (χ1) is 13.7. The Balaban J connectivity index is 2.18. The van der Waals surface area contributed by atoms with Gasteiger partial charge in [-0.1, -0.05) is 23.2 Å². The fourth-order valence-corrected chi connectivity index (χ4v) is 3.21. The number of hydrogen-bond acceptors (Lipinski definition) is 5. The monoisotopic (exact) mass is 483 g/mol. The number of amides is 1. The summed E-state index contributed by atoms with van der Waals surface area (Å²) in [7, 11) is -3.63. The molecule has 0 aliphatic rings. The number of halogens is 5. The minimum absolute atomic E-state index is 0.110. The minimum atomic E-state index is -4.65. The van der Waals surface area contributed by atoms with Gasteiger partial charge in [0.1, 0.15) is 0 Å². The number of carbonyl (C=O) groups is 2. The zero-order chi connectivity index (χ0) is 22.9. The van der Waals surface area contributed by atoms with Crippen LogP contribution in [0.4, 0.5) is 18.9 Å². The fourth-order valence-electron chi connectivity index (χ4n) is 2.20. The maximum atomic E-state index is 12.8. The molecule has 0 heterocycles. The SMILES string of the molecule is C[C@@H](OC(=O)c1cc(S(C)(=O)=O)ccc1Cl)C(=O)Nc1cc(C(F)(F)F)ccc1Cl. The van der Waals surface area contributed by atoms with Gasteiger partial charge in [0, 0.05) is 6.26 Å². The predicted octanol–water partition coefficient (Wildman–Crippen LogP) is 4.60. The van der Waals surface area contributed by atoms with Crippen molar-refractivity contribution in [3.8, 4) is 0 Å². The van der Waals surface area contributed by atoms with Crippen LogP contribution in [0.2, 0.25) is 10.0 Å². The van der Waals surface area contributed by atoms with Gasteiger partial charge in [-0.15, -0.1) is 0 Å². The van der Waals surface area contributed by atoms with Crippen LogP contribution in [0, 0.1) is 0 Å². The Bertz CT molecular complexity index is 1100. The molecule has 0 aromatic heterocycles. The van der Waals surface area contributed by atoms with Crippen LogP contribution in [-0.4, -0.2) is 32.7 Å². The summed E-state index contributed by atoms with van der Waals surface area (Å²) < 4.78 is 66.7. The lowest BCUT2D eigenvalue weighted by Gasteiger charge is -2.16. The maximum Gasteiger partial charge on any atom is 0.416 e. The van der Waals surface area contributed by atoms with Crippen molar-refractivity contribution in [1.29, 1.82) is 0 Å². The van der Waals surface area contributed by atoms with Gasteiger partial charge in [-0.3, -0.25) is 4.79 Å². The molecule has 1 atom stereocenters. The van der Waals surface area contributed by atoms with Crippen LogP contribution in [0.15, 0.2) is 41.3 Å². The van der Waals surface area contributed by atoms with E-state index in [-0.39, 0.29) is 26.2 Å². The quantitative estimate of drug-likeness (QED) is 0.627. The third-order valence-corrected chi connectivity index (χ3v) is 5.56. The highest BCUT2D eigenvalue weighted by Gasteiger charge is 2.31. The molecule has 0 unspecified atom stereocenters. The lowest BCUT2D eigenvalue weighted by molar-refractivity contribution is -0.137. The summed E-state index contributed by atoms with van der Waals surface area (Å²) in [5, 5.41) is 1.89. The fraction of sp³-hybridized carbons (Fsp3) is 0.222. The number of esters is 1. The molecule has 12 heteroatoms. The van der Waals surface area contributed by atoms with Crippen molar-refractivity contribution in [3.05, 3.63) is 57.6 Å². The number of anilines is 1. The topological polar surface area (TPSA) is 89.5 Å². The molecular weight excluding hydrogens is 470 g/mol. The van der Waals surface area contributed by atoms with Crippen LogP contribution in [0.5, 0.6) is 0 Å². The Morgan fingerprint density at radius 2 is 1.67 bits per heavy atom. The third kappa shape index (κ3) is 5.87.